The molecule has 0 saturated carbocycles. The van der Waals surface area contributed by atoms with E-state index >= 15 is 0 Å². The summed E-state index contributed by atoms with van der Waals surface area (Å²) in [5, 5.41) is 2.77. The van der Waals surface area contributed by atoms with Crippen LogP contribution in [0.3, 0.4) is 0 Å². The highest BCUT2D eigenvalue weighted by Crippen LogP contribution is 2.14. The molecule has 3 aromatic rings. The molecule has 32 heavy (non-hydrogen) atoms. The van der Waals surface area contributed by atoms with E-state index in [1.807, 2.05) is 6.07 Å². The lowest BCUT2D eigenvalue weighted by molar-refractivity contribution is 0.0846. The predicted octanol–water partition coefficient (Wildman–Crippen LogP) is 4.05. The Morgan fingerprint density at radius 1 is 0.688 bits per heavy atom. The summed E-state index contributed by atoms with van der Waals surface area (Å²) in [6.07, 6.45) is 0. The summed E-state index contributed by atoms with van der Waals surface area (Å²) in [6.45, 7) is 4.70. The Balaban J connectivity index is 1.50. The third-order valence-corrected chi connectivity index (χ3v) is 4.43. The summed E-state index contributed by atoms with van der Waals surface area (Å²) in [5.41, 5.74) is 6.58. The fraction of sp³-hybridized carbons (Fsp3) is 0.160. The number of hydrogen-bond acceptors (Lipinski definition) is 4. The van der Waals surface area contributed by atoms with Crippen LogP contribution in [0.2, 0.25) is 0 Å². The molecular formula is C25H25N3O4. The van der Waals surface area contributed by atoms with Crippen molar-refractivity contribution in [3.63, 3.8) is 0 Å². The van der Waals surface area contributed by atoms with Gasteiger partial charge in [0.05, 0.1) is 6.61 Å². The maximum atomic E-state index is 12.3. The van der Waals surface area contributed by atoms with Crippen LogP contribution in [0.1, 0.15) is 44.9 Å². The molecule has 0 aliphatic rings. The first kappa shape index (κ1) is 22.6. The highest BCUT2D eigenvalue weighted by atomic mass is 16.5. The van der Waals surface area contributed by atoms with Gasteiger partial charge in [-0.3, -0.25) is 25.2 Å². The van der Waals surface area contributed by atoms with E-state index in [2.05, 4.69) is 30.0 Å². The van der Waals surface area contributed by atoms with Crippen molar-refractivity contribution in [1.29, 1.82) is 0 Å². The zero-order valence-electron chi connectivity index (χ0n) is 17.9. The van der Waals surface area contributed by atoms with E-state index in [1.54, 1.807) is 72.8 Å². The Morgan fingerprint density at radius 2 is 1.19 bits per heavy atom. The van der Waals surface area contributed by atoms with E-state index in [1.165, 1.54) is 0 Å². The molecule has 0 atom stereocenters. The van der Waals surface area contributed by atoms with Crippen LogP contribution in [-0.2, 0) is 0 Å². The summed E-state index contributed by atoms with van der Waals surface area (Å²) >= 11 is 0. The predicted molar refractivity (Wildman–Crippen MR) is 123 cm³/mol. The molecule has 3 N–H and O–H groups in total. The molecule has 3 aromatic carbocycles. The number of rotatable bonds is 7. The average Bonchev–Trinajstić information content (AvgIpc) is 2.82. The van der Waals surface area contributed by atoms with Crippen molar-refractivity contribution in [1.82, 2.24) is 10.9 Å². The molecule has 0 unspecified atom stereocenters. The second-order valence-electron chi connectivity index (χ2n) is 7.53. The lowest BCUT2D eigenvalue weighted by atomic mass is 10.1. The highest BCUT2D eigenvalue weighted by Gasteiger charge is 2.11. The monoisotopic (exact) mass is 431 g/mol. The molecule has 7 nitrogen and oxygen atoms in total. The molecule has 0 aliphatic heterocycles. The molecular weight excluding hydrogens is 406 g/mol. The molecule has 0 fully saturated rings. The summed E-state index contributed by atoms with van der Waals surface area (Å²) in [4.78, 5) is 36.7. The van der Waals surface area contributed by atoms with E-state index in [0.29, 0.717) is 40.7 Å². The average molecular weight is 431 g/mol. The van der Waals surface area contributed by atoms with Gasteiger partial charge in [0.2, 0.25) is 0 Å². The molecule has 3 amide bonds. The van der Waals surface area contributed by atoms with Crippen LogP contribution in [0.5, 0.6) is 5.75 Å². The van der Waals surface area contributed by atoms with Crippen molar-refractivity contribution in [2.45, 2.75) is 13.8 Å². The fourth-order valence-corrected chi connectivity index (χ4v) is 2.72. The van der Waals surface area contributed by atoms with E-state index in [0.717, 1.165) is 0 Å². The van der Waals surface area contributed by atoms with Crippen LogP contribution >= 0.6 is 0 Å². The van der Waals surface area contributed by atoms with E-state index in [4.69, 9.17) is 4.74 Å². The van der Waals surface area contributed by atoms with Crippen molar-refractivity contribution < 1.29 is 19.1 Å². The molecule has 3 rings (SSSR count). The normalized spacial score (nSPS) is 10.3. The molecule has 0 saturated heterocycles. The van der Waals surface area contributed by atoms with Crippen LogP contribution in [0.4, 0.5) is 5.69 Å². The number of carbonyl (C=O) groups is 3. The molecule has 0 spiro atoms. The zero-order chi connectivity index (χ0) is 22.9. The Bertz CT molecular complexity index is 1060. The first-order valence-electron chi connectivity index (χ1n) is 10.2. The lowest BCUT2D eigenvalue weighted by Crippen LogP contribution is -2.41. The summed E-state index contributed by atoms with van der Waals surface area (Å²) in [6, 6.07) is 21.9. The Kier molecular flexibility index (Phi) is 7.59. The van der Waals surface area contributed by atoms with Gasteiger partial charge in [-0.1, -0.05) is 32.0 Å². The van der Waals surface area contributed by atoms with Gasteiger partial charge in [0.1, 0.15) is 5.75 Å². The van der Waals surface area contributed by atoms with Gasteiger partial charge < -0.3 is 10.1 Å². The number of nitrogens with one attached hydrogen (secondary N) is 3. The number of carbonyl (C=O) groups excluding carboxylic acids is 3. The van der Waals surface area contributed by atoms with Crippen LogP contribution in [0.15, 0.2) is 78.9 Å². The number of benzene rings is 3. The zero-order valence-corrected chi connectivity index (χ0v) is 17.9. The third-order valence-electron chi connectivity index (χ3n) is 4.43. The number of anilines is 1. The lowest BCUT2D eigenvalue weighted by Gasteiger charge is -2.10. The largest absolute Gasteiger partial charge is 0.493 e. The topological polar surface area (TPSA) is 96.5 Å². The number of amides is 3. The van der Waals surface area contributed by atoms with Crippen molar-refractivity contribution in [3.8, 4) is 5.75 Å². The number of hydrogen-bond donors (Lipinski definition) is 3. The van der Waals surface area contributed by atoms with Crippen LogP contribution in [0, 0.1) is 5.92 Å². The van der Waals surface area contributed by atoms with Crippen molar-refractivity contribution >= 4 is 23.4 Å². The minimum atomic E-state index is -0.476. The second-order valence-corrected chi connectivity index (χ2v) is 7.53. The van der Waals surface area contributed by atoms with Gasteiger partial charge in [0, 0.05) is 22.4 Å². The van der Waals surface area contributed by atoms with Crippen molar-refractivity contribution in [2.24, 2.45) is 5.92 Å². The Labute approximate surface area is 186 Å². The molecule has 0 heterocycles. The van der Waals surface area contributed by atoms with Gasteiger partial charge in [-0.15, -0.1) is 0 Å². The van der Waals surface area contributed by atoms with Gasteiger partial charge in [0.15, 0.2) is 0 Å². The standard InChI is InChI=1S/C25H25N3O4/c1-17(2)16-32-22-14-10-20(11-15-22)25(31)28-27-24(30)19-8-12-21(13-9-19)26-23(29)18-6-4-3-5-7-18/h3-15,17H,16H2,1-2H3,(H,26,29)(H,27,30)(H,28,31). The van der Waals surface area contributed by atoms with E-state index < -0.39 is 11.8 Å². The molecule has 164 valence electrons. The second kappa shape index (κ2) is 10.8. The molecule has 0 aliphatic carbocycles. The van der Waals surface area contributed by atoms with Crippen LogP contribution in [0.25, 0.3) is 0 Å². The number of ether oxygens (including phenoxy) is 1. The van der Waals surface area contributed by atoms with E-state index in [9.17, 15) is 14.4 Å². The summed E-state index contributed by atoms with van der Waals surface area (Å²) in [5.74, 6) is -0.0755. The van der Waals surface area contributed by atoms with Gasteiger partial charge >= 0.3 is 0 Å². The SMILES string of the molecule is CC(C)COc1ccc(C(=O)NNC(=O)c2ccc(NC(=O)c3ccccc3)cc2)cc1. The number of hydrazine groups is 1. The first-order chi connectivity index (χ1) is 15.4. The molecule has 7 heteroatoms. The maximum absolute atomic E-state index is 12.3. The van der Waals surface area contributed by atoms with E-state index in [-0.39, 0.29) is 5.91 Å². The minimum Gasteiger partial charge on any atom is -0.493 e. The summed E-state index contributed by atoms with van der Waals surface area (Å²) < 4.78 is 5.59. The smallest absolute Gasteiger partial charge is 0.269 e. The van der Waals surface area contributed by atoms with Gasteiger partial charge in [-0.05, 0) is 66.6 Å². The third kappa shape index (κ3) is 6.43. The minimum absolute atomic E-state index is 0.240. The molecule has 0 aromatic heterocycles. The first-order valence-corrected chi connectivity index (χ1v) is 10.2. The molecule has 0 radical (unpaired) electrons. The van der Waals surface area contributed by atoms with Gasteiger partial charge in [-0.25, -0.2) is 0 Å². The van der Waals surface area contributed by atoms with Crippen molar-refractivity contribution in [2.75, 3.05) is 11.9 Å². The summed E-state index contributed by atoms with van der Waals surface area (Å²) in [7, 11) is 0. The van der Waals surface area contributed by atoms with Crippen molar-refractivity contribution in [3.05, 3.63) is 95.6 Å². The van der Waals surface area contributed by atoms with Crippen LogP contribution in [-0.4, -0.2) is 24.3 Å². The quantitative estimate of drug-likeness (QED) is 0.492. The Morgan fingerprint density at radius 3 is 1.72 bits per heavy atom. The highest BCUT2D eigenvalue weighted by molar-refractivity contribution is 6.04. The molecule has 0 bridgehead atoms. The fourth-order valence-electron chi connectivity index (χ4n) is 2.72. The van der Waals surface area contributed by atoms with Gasteiger partial charge in [-0.2, -0.15) is 0 Å². The Hall–Kier alpha value is -4.13. The maximum Gasteiger partial charge on any atom is 0.269 e. The van der Waals surface area contributed by atoms with Crippen LogP contribution < -0.4 is 20.9 Å². The van der Waals surface area contributed by atoms with Gasteiger partial charge in [0.25, 0.3) is 17.7 Å².